The summed E-state index contributed by atoms with van der Waals surface area (Å²) >= 11 is 1.44. The number of aromatic carboxylic acids is 1. The van der Waals surface area contributed by atoms with Gasteiger partial charge in [0.2, 0.25) is 11.8 Å². The topological polar surface area (TPSA) is 188 Å². The van der Waals surface area contributed by atoms with Crippen LogP contribution in [0.3, 0.4) is 0 Å². The fourth-order valence-corrected chi connectivity index (χ4v) is 12.2. The first-order chi connectivity index (χ1) is 35.5. The zero-order valence-corrected chi connectivity index (χ0v) is 42.1. The van der Waals surface area contributed by atoms with Gasteiger partial charge >= 0.3 is 5.97 Å². The minimum atomic E-state index is -1.10. The number of unbranched alkanes of at least 4 members (excludes halogenated alkanes) is 1. The van der Waals surface area contributed by atoms with Crippen LogP contribution in [0.2, 0.25) is 0 Å². The number of para-hydroxylation sites is 1. The number of aryl methyl sites for hydroxylation is 1. The molecule has 11 rings (SSSR count). The number of hydrogen-bond donors (Lipinski definition) is 3. The van der Waals surface area contributed by atoms with Crippen LogP contribution in [0.15, 0.2) is 85.1 Å². The Morgan fingerprint density at radius 2 is 1.67 bits per heavy atom. The van der Waals surface area contributed by atoms with Crippen LogP contribution in [0.5, 0.6) is 5.75 Å². The first-order valence-corrected chi connectivity index (χ1v) is 26.5. The third-order valence-corrected chi connectivity index (χ3v) is 16.4. The molecule has 3 amide bonds. The van der Waals surface area contributed by atoms with Crippen molar-refractivity contribution >= 4 is 72.9 Å². The average molecular weight is 1000 g/mol. The monoisotopic (exact) mass is 1000 g/mol. The largest absolute Gasteiger partial charge is 0.490 e. The highest BCUT2D eigenvalue weighted by molar-refractivity contribution is 7.22. The molecule has 7 heterocycles. The van der Waals surface area contributed by atoms with Crippen molar-refractivity contribution in [2.75, 3.05) is 54.4 Å². The molecule has 0 bridgehead atoms. The SMILES string of the molecule is Cc1c(OC2CCC(CCCCN3CCN(c4cc5c(cn4)c(C4CCC(=O)NC4=O)nn5C)CC3)CC2)cccc1-c1ccc(N2CCc3cccc(C(=O)Nc4nc5ccccc5s4)c3C2)nc1C(=O)O. The summed E-state index contributed by atoms with van der Waals surface area (Å²) in [5.41, 5.74) is 7.22. The number of imide groups is 1. The Bertz CT molecular complexity index is 3210. The number of nitrogens with zero attached hydrogens (tertiary/aromatic N) is 8. The molecule has 17 heteroatoms. The van der Waals surface area contributed by atoms with E-state index in [1.165, 1.54) is 30.6 Å². The zero-order valence-electron chi connectivity index (χ0n) is 41.3. The third kappa shape index (κ3) is 10.1. The van der Waals surface area contributed by atoms with Gasteiger partial charge in [-0.1, -0.05) is 60.6 Å². The first kappa shape index (κ1) is 48.1. The van der Waals surface area contributed by atoms with Gasteiger partial charge in [0, 0.05) is 81.5 Å². The van der Waals surface area contributed by atoms with Crippen molar-refractivity contribution < 1.29 is 29.0 Å². The number of rotatable bonds is 14. The Morgan fingerprint density at radius 3 is 2.48 bits per heavy atom. The average Bonchev–Trinajstić information content (AvgIpc) is 3.97. The molecule has 3 N–H and O–H groups in total. The summed E-state index contributed by atoms with van der Waals surface area (Å²) in [7, 11) is 1.89. The second kappa shape index (κ2) is 20.7. The lowest BCUT2D eigenvalue weighted by Gasteiger charge is -2.35. The van der Waals surface area contributed by atoms with Crippen molar-refractivity contribution in [1.29, 1.82) is 0 Å². The molecule has 3 aliphatic heterocycles. The summed E-state index contributed by atoms with van der Waals surface area (Å²) in [5.74, 6) is 0.648. The highest BCUT2D eigenvalue weighted by atomic mass is 32.1. The van der Waals surface area contributed by atoms with Gasteiger partial charge in [-0.25, -0.2) is 19.7 Å². The van der Waals surface area contributed by atoms with Gasteiger partial charge in [0.1, 0.15) is 17.4 Å². The Morgan fingerprint density at radius 1 is 0.849 bits per heavy atom. The van der Waals surface area contributed by atoms with E-state index in [4.69, 9.17) is 14.7 Å². The van der Waals surface area contributed by atoms with Gasteiger partial charge in [-0.3, -0.25) is 34.6 Å². The Kier molecular flexibility index (Phi) is 13.6. The van der Waals surface area contributed by atoms with E-state index in [0.717, 1.165) is 113 Å². The summed E-state index contributed by atoms with van der Waals surface area (Å²) in [6.45, 7) is 7.92. The number of fused-ring (bicyclic) bond motifs is 3. The fraction of sp³-hybridized carbons (Fsp3) is 0.393. The Labute approximate surface area is 427 Å². The van der Waals surface area contributed by atoms with Crippen molar-refractivity contribution in [3.8, 4) is 16.9 Å². The van der Waals surface area contributed by atoms with Crippen LogP contribution < -0.4 is 25.2 Å². The summed E-state index contributed by atoms with van der Waals surface area (Å²) in [6, 6.07) is 25.3. The number of carboxylic acid groups (broad SMARTS) is 1. The van der Waals surface area contributed by atoms with Crippen molar-refractivity contribution in [2.45, 2.75) is 89.7 Å². The van der Waals surface area contributed by atoms with Gasteiger partial charge in [-0.15, -0.1) is 0 Å². The molecule has 4 aromatic heterocycles. The minimum Gasteiger partial charge on any atom is -0.490 e. The van der Waals surface area contributed by atoms with Gasteiger partial charge in [-0.2, -0.15) is 5.10 Å². The van der Waals surface area contributed by atoms with Gasteiger partial charge < -0.3 is 19.6 Å². The number of amides is 3. The number of aromatic nitrogens is 5. The maximum Gasteiger partial charge on any atom is 0.355 e. The number of benzene rings is 3. The predicted molar refractivity (Wildman–Crippen MR) is 283 cm³/mol. The Hall–Kier alpha value is -7.24. The van der Waals surface area contributed by atoms with Crippen LogP contribution >= 0.6 is 11.3 Å². The van der Waals surface area contributed by atoms with E-state index in [9.17, 15) is 24.3 Å². The zero-order chi connectivity index (χ0) is 50.2. The Balaban J connectivity index is 0.649. The lowest BCUT2D eigenvalue weighted by atomic mass is 9.84. The molecule has 2 saturated heterocycles. The van der Waals surface area contributed by atoms with E-state index in [0.29, 0.717) is 66.0 Å². The highest BCUT2D eigenvalue weighted by Gasteiger charge is 2.33. The number of carboxylic acids is 1. The molecule has 16 nitrogen and oxygen atoms in total. The fourth-order valence-electron chi connectivity index (χ4n) is 11.4. The van der Waals surface area contributed by atoms with E-state index in [2.05, 4.69) is 36.6 Å². The van der Waals surface area contributed by atoms with Crippen LogP contribution in [-0.2, 0) is 29.6 Å². The molecule has 0 radical (unpaired) electrons. The number of ether oxygens (including phenoxy) is 1. The smallest absolute Gasteiger partial charge is 0.355 e. The van der Waals surface area contributed by atoms with Crippen LogP contribution in [0.4, 0.5) is 16.8 Å². The molecular weight excluding hydrogens is 941 g/mol. The second-order valence-electron chi connectivity index (χ2n) is 20.0. The number of pyridine rings is 2. The quantitative estimate of drug-likeness (QED) is 0.0693. The number of anilines is 3. The second-order valence-corrected chi connectivity index (χ2v) is 21.0. The lowest BCUT2D eigenvalue weighted by Crippen LogP contribution is -2.46. The lowest BCUT2D eigenvalue weighted by molar-refractivity contribution is -0.134. The third-order valence-electron chi connectivity index (χ3n) is 15.5. The van der Waals surface area contributed by atoms with Gasteiger partial charge in [-0.05, 0) is 123 Å². The standard InChI is InChI=1S/C56H60N10O6S/c1-34-38(39-20-22-48(59-52(39)55(70)71)66-26-24-36-10-7-12-40(43(36)33-66)53(68)61-56-58-44-13-3-4-15-47(44)73-56)11-8-14-46(34)72-37-18-16-35(17-19-37)9-5-6-25-64-27-29-65(30-28-64)49-31-45-42(32-57-49)51(62-63(45)2)41-21-23-50(67)60-54(41)69/h3-4,7-8,10-15,20,22,31-32,35,37,41H,5-6,9,16-19,21,23-30,33H2,1-2H3,(H,70,71)(H,58,61,68)(H,60,67,69). The molecule has 3 fully saturated rings. The van der Waals surface area contributed by atoms with Gasteiger partial charge in [0.15, 0.2) is 10.8 Å². The number of piperazine rings is 1. The summed E-state index contributed by atoms with van der Waals surface area (Å²) in [5, 5.41) is 22.1. The molecule has 1 aliphatic carbocycles. The van der Waals surface area contributed by atoms with E-state index < -0.39 is 11.9 Å². The molecule has 1 atom stereocenters. The molecule has 1 saturated carbocycles. The molecule has 3 aromatic carbocycles. The molecule has 4 aliphatic rings. The number of nitrogens with one attached hydrogen (secondary N) is 2. The first-order valence-electron chi connectivity index (χ1n) is 25.7. The molecule has 1 unspecified atom stereocenters. The van der Waals surface area contributed by atoms with Crippen LogP contribution in [0.1, 0.15) is 107 Å². The predicted octanol–water partition coefficient (Wildman–Crippen LogP) is 8.91. The van der Waals surface area contributed by atoms with Crippen molar-refractivity contribution in [3.63, 3.8) is 0 Å². The molecular formula is C56H60N10O6S. The molecule has 7 aromatic rings. The number of carbonyl (C=O) groups excluding carboxylic acids is 3. The molecule has 376 valence electrons. The van der Waals surface area contributed by atoms with E-state index in [-0.39, 0.29) is 29.5 Å². The van der Waals surface area contributed by atoms with Gasteiger partial charge in [0.25, 0.3) is 5.91 Å². The summed E-state index contributed by atoms with van der Waals surface area (Å²) in [6.07, 6.45) is 11.3. The molecule has 73 heavy (non-hydrogen) atoms. The maximum atomic E-state index is 13.7. The molecule has 0 spiro atoms. The van der Waals surface area contributed by atoms with Crippen LogP contribution in [0, 0.1) is 12.8 Å². The van der Waals surface area contributed by atoms with E-state index in [1.807, 2.05) is 103 Å². The number of thiazole rings is 1. The van der Waals surface area contributed by atoms with Crippen molar-refractivity contribution in [3.05, 3.63) is 119 Å². The van der Waals surface area contributed by atoms with Crippen LogP contribution in [0.25, 0.3) is 32.2 Å². The number of carbonyl (C=O) groups is 4. The summed E-state index contributed by atoms with van der Waals surface area (Å²) < 4.78 is 9.50. The highest BCUT2D eigenvalue weighted by Crippen LogP contribution is 2.38. The number of piperidine rings is 1. The van der Waals surface area contributed by atoms with Crippen molar-refractivity contribution in [1.82, 2.24) is 34.9 Å². The van der Waals surface area contributed by atoms with Crippen molar-refractivity contribution in [2.24, 2.45) is 13.0 Å². The van der Waals surface area contributed by atoms with E-state index in [1.54, 1.807) is 0 Å². The normalized spacial score (nSPS) is 19.5. The summed E-state index contributed by atoms with van der Waals surface area (Å²) in [4.78, 5) is 71.9. The van der Waals surface area contributed by atoms with Crippen LogP contribution in [-0.4, -0.2) is 104 Å². The maximum absolute atomic E-state index is 13.7. The van der Waals surface area contributed by atoms with E-state index >= 15 is 0 Å². The van der Waals surface area contributed by atoms with Gasteiger partial charge in [0.05, 0.1) is 33.4 Å². The minimum absolute atomic E-state index is 0.0194. The number of hydrogen-bond acceptors (Lipinski definition) is 13.